The summed E-state index contributed by atoms with van der Waals surface area (Å²) in [5.74, 6) is 0.813. The van der Waals surface area contributed by atoms with Gasteiger partial charge in [-0.15, -0.1) is 0 Å². The van der Waals surface area contributed by atoms with Crippen molar-refractivity contribution in [1.82, 2.24) is 0 Å². The molecule has 0 fully saturated rings. The topological polar surface area (TPSA) is 20.2 Å². The van der Waals surface area contributed by atoms with E-state index in [-0.39, 0.29) is 5.76 Å². The zero-order chi connectivity index (χ0) is 5.86. The number of aliphatic hydroxyl groups is 1. The van der Waals surface area contributed by atoms with Crippen LogP contribution in [0.25, 0.3) is 0 Å². The third-order valence-electron chi connectivity index (χ3n) is 0.644. The smallest absolute Gasteiger partial charge is 0.0853 e. The maximum atomic E-state index is 8.53. The fourth-order valence-electron chi connectivity index (χ4n) is 0.471. The molecule has 0 atom stereocenters. The molecule has 1 heteroatoms. The van der Waals surface area contributed by atoms with Crippen LogP contribution in [0.3, 0.4) is 0 Å². The second kappa shape index (κ2) is 2.67. The number of allylic oxidation sites excluding steroid dienone is 1. The van der Waals surface area contributed by atoms with Crippen molar-refractivity contribution in [1.29, 1.82) is 0 Å². The van der Waals surface area contributed by atoms with Crippen LogP contribution in [-0.2, 0) is 0 Å². The fraction of sp³-hybridized carbons (Fsp3) is 0.667. The van der Waals surface area contributed by atoms with E-state index >= 15 is 0 Å². The zero-order valence-corrected chi connectivity index (χ0v) is 4.94. The number of hydrogen-bond donors (Lipinski definition) is 1. The van der Waals surface area contributed by atoms with E-state index in [9.17, 15) is 0 Å². The van der Waals surface area contributed by atoms with Gasteiger partial charge in [0.25, 0.3) is 0 Å². The SMILES string of the molecule is C=C(O)CC(C)C. The number of hydrogen-bond acceptors (Lipinski definition) is 1. The van der Waals surface area contributed by atoms with Crippen LogP contribution in [0.4, 0.5) is 0 Å². The van der Waals surface area contributed by atoms with Gasteiger partial charge in [-0.05, 0) is 5.92 Å². The average Bonchev–Trinajstić information content (AvgIpc) is 1.27. The van der Waals surface area contributed by atoms with Crippen LogP contribution >= 0.6 is 0 Å². The molecular formula is C6H12O. The maximum absolute atomic E-state index is 8.53. The van der Waals surface area contributed by atoms with Crippen molar-refractivity contribution in [3.05, 3.63) is 12.3 Å². The summed E-state index contributed by atoms with van der Waals surface area (Å²) in [4.78, 5) is 0. The van der Waals surface area contributed by atoms with E-state index in [0.29, 0.717) is 5.92 Å². The van der Waals surface area contributed by atoms with Crippen LogP contribution in [0, 0.1) is 5.92 Å². The van der Waals surface area contributed by atoms with Gasteiger partial charge >= 0.3 is 0 Å². The minimum atomic E-state index is 0.287. The molecule has 0 heterocycles. The molecule has 1 N–H and O–H groups in total. The summed E-state index contributed by atoms with van der Waals surface area (Å²) in [5.41, 5.74) is 0. The normalized spacial score (nSPS) is 9.57. The van der Waals surface area contributed by atoms with Gasteiger partial charge in [0, 0.05) is 6.42 Å². The predicted octanol–water partition coefficient (Wildman–Crippen LogP) is 2.10. The molecule has 0 spiro atoms. The van der Waals surface area contributed by atoms with Gasteiger partial charge in [-0.1, -0.05) is 20.4 Å². The summed E-state index contributed by atoms with van der Waals surface area (Å²) >= 11 is 0. The molecule has 42 valence electrons. The van der Waals surface area contributed by atoms with Crippen LogP contribution in [-0.4, -0.2) is 5.11 Å². The van der Waals surface area contributed by atoms with E-state index in [4.69, 9.17) is 5.11 Å². The first-order valence-electron chi connectivity index (χ1n) is 2.49. The molecule has 0 aromatic rings. The van der Waals surface area contributed by atoms with Gasteiger partial charge in [-0.2, -0.15) is 0 Å². The second-order valence-electron chi connectivity index (χ2n) is 2.16. The van der Waals surface area contributed by atoms with Crippen molar-refractivity contribution in [2.75, 3.05) is 0 Å². The summed E-state index contributed by atoms with van der Waals surface area (Å²) in [5, 5.41) is 8.53. The minimum Gasteiger partial charge on any atom is -0.513 e. The highest BCUT2D eigenvalue weighted by atomic mass is 16.3. The van der Waals surface area contributed by atoms with Gasteiger partial charge < -0.3 is 5.11 Å². The van der Waals surface area contributed by atoms with Gasteiger partial charge in [-0.3, -0.25) is 0 Å². The van der Waals surface area contributed by atoms with Crippen molar-refractivity contribution in [2.24, 2.45) is 5.92 Å². The van der Waals surface area contributed by atoms with Gasteiger partial charge in [0.05, 0.1) is 5.76 Å². The van der Waals surface area contributed by atoms with E-state index in [1.807, 2.05) is 13.8 Å². The molecular weight excluding hydrogens is 88.1 g/mol. The lowest BCUT2D eigenvalue weighted by Gasteiger charge is -1.98. The highest BCUT2D eigenvalue weighted by molar-refractivity contribution is 4.79. The lowest BCUT2D eigenvalue weighted by Crippen LogP contribution is -1.87. The van der Waals surface area contributed by atoms with Crippen molar-refractivity contribution in [2.45, 2.75) is 20.3 Å². The van der Waals surface area contributed by atoms with Crippen LogP contribution in [0.5, 0.6) is 0 Å². The number of rotatable bonds is 2. The maximum Gasteiger partial charge on any atom is 0.0853 e. The second-order valence-corrected chi connectivity index (χ2v) is 2.16. The van der Waals surface area contributed by atoms with Gasteiger partial charge in [0.15, 0.2) is 0 Å². The van der Waals surface area contributed by atoms with Gasteiger partial charge in [0.1, 0.15) is 0 Å². The first kappa shape index (κ1) is 6.54. The molecule has 0 aromatic heterocycles. The van der Waals surface area contributed by atoms with Gasteiger partial charge in [0.2, 0.25) is 0 Å². The van der Waals surface area contributed by atoms with Crippen LogP contribution in [0.1, 0.15) is 20.3 Å². The minimum absolute atomic E-state index is 0.287. The monoisotopic (exact) mass is 100 g/mol. The summed E-state index contributed by atoms with van der Waals surface area (Å²) in [6.07, 6.45) is 0.722. The third-order valence-corrected chi connectivity index (χ3v) is 0.644. The highest BCUT2D eigenvalue weighted by Gasteiger charge is 1.92. The summed E-state index contributed by atoms with van der Waals surface area (Å²) in [6.45, 7) is 7.44. The Labute approximate surface area is 44.7 Å². The Morgan fingerprint density at radius 2 is 2.14 bits per heavy atom. The average molecular weight is 100 g/mol. The van der Waals surface area contributed by atoms with E-state index in [2.05, 4.69) is 6.58 Å². The Morgan fingerprint density at radius 1 is 1.71 bits per heavy atom. The van der Waals surface area contributed by atoms with Crippen molar-refractivity contribution in [3.63, 3.8) is 0 Å². The molecule has 0 bridgehead atoms. The van der Waals surface area contributed by atoms with Crippen molar-refractivity contribution < 1.29 is 5.11 Å². The molecule has 7 heavy (non-hydrogen) atoms. The Bertz CT molecular complexity index is 64.6. The van der Waals surface area contributed by atoms with E-state index in [1.54, 1.807) is 0 Å². The first-order chi connectivity index (χ1) is 3.13. The van der Waals surface area contributed by atoms with Crippen LogP contribution < -0.4 is 0 Å². The molecule has 0 aromatic carbocycles. The summed E-state index contributed by atoms with van der Waals surface area (Å²) < 4.78 is 0. The molecule has 0 radical (unpaired) electrons. The highest BCUT2D eigenvalue weighted by Crippen LogP contribution is 2.03. The molecule has 0 saturated heterocycles. The molecule has 0 aliphatic heterocycles. The third kappa shape index (κ3) is 5.54. The molecule has 0 saturated carbocycles. The Balaban J connectivity index is 3.13. The first-order valence-corrected chi connectivity index (χ1v) is 2.49. The Morgan fingerprint density at radius 3 is 2.14 bits per heavy atom. The molecule has 0 rings (SSSR count). The molecule has 0 aliphatic carbocycles. The van der Waals surface area contributed by atoms with E-state index in [1.165, 1.54) is 0 Å². The van der Waals surface area contributed by atoms with Crippen molar-refractivity contribution >= 4 is 0 Å². The molecule has 0 aliphatic rings. The largest absolute Gasteiger partial charge is 0.513 e. The van der Waals surface area contributed by atoms with Gasteiger partial charge in [-0.25, -0.2) is 0 Å². The van der Waals surface area contributed by atoms with E-state index < -0.39 is 0 Å². The molecule has 0 amide bonds. The zero-order valence-electron chi connectivity index (χ0n) is 4.94. The quantitative estimate of drug-likeness (QED) is 0.527. The summed E-state index contributed by atoms with van der Waals surface area (Å²) in [7, 11) is 0. The van der Waals surface area contributed by atoms with Crippen molar-refractivity contribution in [3.8, 4) is 0 Å². The standard InChI is InChI=1S/C6H12O/c1-5(2)4-6(3)7/h5,7H,3-4H2,1-2H3. The molecule has 1 nitrogen and oxygen atoms in total. The summed E-state index contributed by atoms with van der Waals surface area (Å²) in [6, 6.07) is 0. The van der Waals surface area contributed by atoms with E-state index in [0.717, 1.165) is 6.42 Å². The lowest BCUT2D eigenvalue weighted by molar-refractivity contribution is 0.368. The fourth-order valence-corrected chi connectivity index (χ4v) is 0.471. The Hall–Kier alpha value is -0.460. The molecule has 0 unspecified atom stereocenters. The Kier molecular flexibility index (Phi) is 2.49. The predicted molar refractivity (Wildman–Crippen MR) is 31.2 cm³/mol. The lowest BCUT2D eigenvalue weighted by atomic mass is 10.1. The number of aliphatic hydroxyl groups excluding tert-OH is 1. The van der Waals surface area contributed by atoms with Crippen LogP contribution in [0.2, 0.25) is 0 Å². The van der Waals surface area contributed by atoms with Crippen LogP contribution in [0.15, 0.2) is 12.3 Å².